The van der Waals surface area contributed by atoms with E-state index < -0.39 is 11.9 Å². The molecule has 1 aliphatic heterocycles. The molecule has 3 atom stereocenters. The molecule has 1 N–H and O–H groups in total. The summed E-state index contributed by atoms with van der Waals surface area (Å²) in [5.74, 6) is -0.283. The van der Waals surface area contributed by atoms with Gasteiger partial charge in [0.05, 0.1) is 19.3 Å². The highest BCUT2D eigenvalue weighted by Gasteiger charge is 2.33. The van der Waals surface area contributed by atoms with E-state index in [0.717, 1.165) is 12.0 Å². The molecule has 4 nitrogen and oxygen atoms in total. The predicted molar refractivity (Wildman–Crippen MR) is 97.6 cm³/mol. The lowest BCUT2D eigenvalue weighted by Crippen LogP contribution is -2.43. The highest BCUT2D eigenvalue weighted by Crippen LogP contribution is 2.36. The van der Waals surface area contributed by atoms with Crippen molar-refractivity contribution in [2.24, 2.45) is 0 Å². The van der Waals surface area contributed by atoms with Crippen molar-refractivity contribution in [2.75, 3.05) is 7.11 Å². The zero-order valence-corrected chi connectivity index (χ0v) is 15.1. The molecule has 26 heavy (non-hydrogen) atoms. The van der Waals surface area contributed by atoms with Gasteiger partial charge in [0, 0.05) is 18.5 Å². The summed E-state index contributed by atoms with van der Waals surface area (Å²) < 4.78 is 26.0. The maximum atomic E-state index is 14.7. The van der Waals surface area contributed by atoms with Crippen LogP contribution < -0.4 is 10.1 Å². The van der Waals surface area contributed by atoms with E-state index in [9.17, 15) is 9.18 Å². The average Bonchev–Trinajstić information content (AvgIpc) is 2.62. The molecule has 0 unspecified atom stereocenters. The van der Waals surface area contributed by atoms with Crippen LogP contribution in [0.15, 0.2) is 48.5 Å². The summed E-state index contributed by atoms with van der Waals surface area (Å²) >= 11 is 0. The number of carbonyl (C=O) groups is 1. The van der Waals surface area contributed by atoms with Gasteiger partial charge in [0.25, 0.3) is 0 Å². The second-order valence-electron chi connectivity index (χ2n) is 6.67. The zero-order valence-electron chi connectivity index (χ0n) is 15.1. The fraction of sp³-hybridized carbons (Fsp3) is 0.381. The summed E-state index contributed by atoms with van der Waals surface area (Å²) in [6.45, 7) is 1.50. The van der Waals surface area contributed by atoms with Crippen molar-refractivity contribution in [1.82, 2.24) is 5.32 Å². The van der Waals surface area contributed by atoms with E-state index in [1.54, 1.807) is 18.2 Å². The van der Waals surface area contributed by atoms with Crippen LogP contribution in [0.5, 0.6) is 5.75 Å². The number of ether oxygens (including phenoxy) is 2. The third-order valence-electron chi connectivity index (χ3n) is 4.68. The van der Waals surface area contributed by atoms with Crippen molar-refractivity contribution >= 4 is 5.91 Å². The Bertz CT molecular complexity index is 750. The summed E-state index contributed by atoms with van der Waals surface area (Å²) in [6, 6.07) is 15.1. The van der Waals surface area contributed by atoms with Crippen molar-refractivity contribution in [3.05, 3.63) is 65.5 Å². The minimum atomic E-state index is -0.426. The minimum Gasteiger partial charge on any atom is -0.494 e. The number of amides is 1. The van der Waals surface area contributed by atoms with E-state index in [4.69, 9.17) is 9.47 Å². The van der Waals surface area contributed by atoms with Crippen LogP contribution >= 0.6 is 0 Å². The van der Waals surface area contributed by atoms with Crippen LogP contribution in [0.2, 0.25) is 0 Å². The van der Waals surface area contributed by atoms with Crippen LogP contribution in [-0.2, 0) is 16.0 Å². The standard InChI is InChI=1S/C21H24FNO3/c1-14(24)23-16-12-17(11-15-7-4-3-5-8-15)26-20(13-16)18-9-6-10-19(25-2)21(18)22/h3-10,16-17,20H,11-13H2,1-2H3,(H,23,24)/t16-,17+,20+/m1/s1. The molecule has 1 amide bonds. The highest BCUT2D eigenvalue weighted by molar-refractivity contribution is 5.73. The number of methoxy groups -OCH3 is 1. The first-order valence-corrected chi connectivity index (χ1v) is 8.85. The first kappa shape index (κ1) is 18.4. The van der Waals surface area contributed by atoms with E-state index in [-0.39, 0.29) is 23.8 Å². The summed E-state index contributed by atoms with van der Waals surface area (Å²) in [5, 5.41) is 2.97. The molecule has 0 aromatic heterocycles. The van der Waals surface area contributed by atoms with E-state index in [0.29, 0.717) is 18.4 Å². The predicted octanol–water partition coefficient (Wildman–Crippen LogP) is 3.80. The second-order valence-corrected chi connectivity index (χ2v) is 6.67. The quantitative estimate of drug-likeness (QED) is 0.885. The first-order chi connectivity index (χ1) is 12.6. The van der Waals surface area contributed by atoms with E-state index >= 15 is 0 Å². The van der Waals surface area contributed by atoms with Crippen LogP contribution in [0, 0.1) is 5.82 Å². The number of carbonyl (C=O) groups excluding carboxylic acids is 1. The van der Waals surface area contributed by atoms with Crippen molar-refractivity contribution in [3.8, 4) is 5.75 Å². The lowest BCUT2D eigenvalue weighted by molar-refractivity contribution is -0.122. The molecule has 0 saturated carbocycles. The fourth-order valence-corrected chi connectivity index (χ4v) is 3.56. The molecule has 0 spiro atoms. The largest absolute Gasteiger partial charge is 0.494 e. The lowest BCUT2D eigenvalue weighted by atomic mass is 9.91. The van der Waals surface area contributed by atoms with E-state index in [1.165, 1.54) is 14.0 Å². The van der Waals surface area contributed by atoms with E-state index in [1.807, 2.05) is 30.3 Å². The van der Waals surface area contributed by atoms with Gasteiger partial charge < -0.3 is 14.8 Å². The number of benzene rings is 2. The molecule has 2 aromatic rings. The SMILES string of the molecule is COc1cccc([C@@H]2C[C@H](NC(C)=O)C[C@H](Cc3ccccc3)O2)c1F. The molecular weight excluding hydrogens is 333 g/mol. The Morgan fingerprint density at radius 3 is 2.65 bits per heavy atom. The normalized spacial score (nSPS) is 22.7. The molecule has 3 rings (SSSR count). The molecule has 1 fully saturated rings. The third kappa shape index (κ3) is 4.41. The minimum absolute atomic E-state index is 0.0504. The van der Waals surface area contributed by atoms with Crippen LogP contribution in [0.25, 0.3) is 0 Å². The molecule has 1 aliphatic rings. The van der Waals surface area contributed by atoms with Crippen LogP contribution in [0.1, 0.15) is 37.0 Å². The van der Waals surface area contributed by atoms with Crippen molar-refractivity contribution in [3.63, 3.8) is 0 Å². The molecule has 2 aromatic carbocycles. The zero-order chi connectivity index (χ0) is 18.5. The van der Waals surface area contributed by atoms with Crippen molar-refractivity contribution in [1.29, 1.82) is 0 Å². The number of halogens is 1. The number of rotatable bonds is 5. The van der Waals surface area contributed by atoms with Crippen LogP contribution in [0.4, 0.5) is 4.39 Å². The molecule has 0 radical (unpaired) electrons. The summed E-state index contributed by atoms with van der Waals surface area (Å²) in [5.41, 5.74) is 1.63. The van der Waals surface area contributed by atoms with Gasteiger partial charge in [-0.2, -0.15) is 0 Å². The van der Waals surface area contributed by atoms with Gasteiger partial charge in [0.15, 0.2) is 11.6 Å². The van der Waals surface area contributed by atoms with Gasteiger partial charge in [-0.15, -0.1) is 0 Å². The number of hydrogen-bond donors (Lipinski definition) is 1. The van der Waals surface area contributed by atoms with Crippen LogP contribution in [-0.4, -0.2) is 25.2 Å². The van der Waals surface area contributed by atoms with Crippen molar-refractivity contribution in [2.45, 2.75) is 44.4 Å². The van der Waals surface area contributed by atoms with Gasteiger partial charge in [0.2, 0.25) is 5.91 Å². The van der Waals surface area contributed by atoms with E-state index in [2.05, 4.69) is 5.32 Å². The first-order valence-electron chi connectivity index (χ1n) is 8.85. The van der Waals surface area contributed by atoms with Gasteiger partial charge in [0.1, 0.15) is 0 Å². The van der Waals surface area contributed by atoms with Gasteiger partial charge in [-0.25, -0.2) is 4.39 Å². The maximum Gasteiger partial charge on any atom is 0.217 e. The summed E-state index contributed by atoms with van der Waals surface area (Å²) in [4.78, 5) is 11.5. The monoisotopic (exact) mass is 357 g/mol. The molecule has 138 valence electrons. The summed E-state index contributed by atoms with van der Waals surface area (Å²) in [6.07, 6.45) is 1.44. The molecule has 1 heterocycles. The van der Waals surface area contributed by atoms with Crippen LogP contribution in [0.3, 0.4) is 0 Å². The average molecular weight is 357 g/mol. The topological polar surface area (TPSA) is 47.6 Å². The Kier molecular flexibility index (Phi) is 5.89. The van der Waals surface area contributed by atoms with Gasteiger partial charge in [-0.1, -0.05) is 42.5 Å². The fourth-order valence-electron chi connectivity index (χ4n) is 3.56. The van der Waals surface area contributed by atoms with Gasteiger partial charge in [-0.05, 0) is 30.9 Å². The Labute approximate surface area is 153 Å². The Balaban J connectivity index is 1.83. The molecule has 0 bridgehead atoms. The Hall–Kier alpha value is -2.40. The summed E-state index contributed by atoms with van der Waals surface area (Å²) in [7, 11) is 1.45. The lowest BCUT2D eigenvalue weighted by Gasteiger charge is -2.36. The second kappa shape index (κ2) is 8.32. The number of hydrogen-bond acceptors (Lipinski definition) is 3. The molecule has 1 saturated heterocycles. The highest BCUT2D eigenvalue weighted by atomic mass is 19.1. The molecular formula is C21H24FNO3. The molecule has 0 aliphatic carbocycles. The van der Waals surface area contributed by atoms with Crippen molar-refractivity contribution < 1.29 is 18.7 Å². The Morgan fingerprint density at radius 2 is 1.96 bits per heavy atom. The third-order valence-corrected chi connectivity index (χ3v) is 4.68. The van der Waals surface area contributed by atoms with Gasteiger partial charge >= 0.3 is 0 Å². The molecule has 5 heteroatoms. The Morgan fingerprint density at radius 1 is 1.19 bits per heavy atom. The van der Waals surface area contributed by atoms with Gasteiger partial charge in [-0.3, -0.25) is 4.79 Å². The maximum absolute atomic E-state index is 14.7. The number of nitrogens with one attached hydrogen (secondary N) is 1. The smallest absolute Gasteiger partial charge is 0.217 e.